The average molecular weight is 337 g/mol. The molecule has 0 saturated heterocycles. The molecule has 2 N–H and O–H groups in total. The smallest absolute Gasteiger partial charge is 0.322 e. The topological polar surface area (TPSA) is 76.4 Å². The summed E-state index contributed by atoms with van der Waals surface area (Å²) in [4.78, 5) is 14.3. The summed E-state index contributed by atoms with van der Waals surface area (Å²) in [6, 6.07) is 16.5. The molecular formula is C20H23N3O2. The molecule has 0 radical (unpaired) electrons. The molecule has 0 heterocycles. The van der Waals surface area contributed by atoms with Crippen LogP contribution in [0.2, 0.25) is 0 Å². The van der Waals surface area contributed by atoms with Gasteiger partial charge in [-0.05, 0) is 44.0 Å². The number of anilines is 1. The number of amides is 2. The van der Waals surface area contributed by atoms with Gasteiger partial charge in [0.2, 0.25) is 0 Å². The van der Waals surface area contributed by atoms with E-state index in [1.54, 1.807) is 36.9 Å². The Kier molecular flexibility index (Phi) is 5.79. The van der Waals surface area contributed by atoms with E-state index in [9.17, 15) is 9.90 Å². The van der Waals surface area contributed by atoms with Gasteiger partial charge < -0.3 is 15.3 Å². The molecule has 0 aromatic heterocycles. The number of nitrogens with zero attached hydrogens (tertiary/aromatic N) is 2. The minimum absolute atomic E-state index is 0.185. The van der Waals surface area contributed by atoms with Gasteiger partial charge in [0.15, 0.2) is 0 Å². The van der Waals surface area contributed by atoms with Gasteiger partial charge in [0.25, 0.3) is 0 Å². The lowest BCUT2D eigenvalue weighted by Gasteiger charge is -2.29. The highest BCUT2D eigenvalue weighted by atomic mass is 16.3. The number of aliphatic hydroxyl groups is 1. The van der Waals surface area contributed by atoms with Crippen LogP contribution in [0.5, 0.6) is 0 Å². The van der Waals surface area contributed by atoms with Crippen molar-refractivity contribution in [2.24, 2.45) is 0 Å². The largest absolute Gasteiger partial charge is 0.389 e. The summed E-state index contributed by atoms with van der Waals surface area (Å²) in [5.41, 5.74) is 1.91. The van der Waals surface area contributed by atoms with Crippen LogP contribution < -0.4 is 5.32 Å². The Bertz CT molecular complexity index is 774. The molecule has 25 heavy (non-hydrogen) atoms. The van der Waals surface area contributed by atoms with Crippen LogP contribution in [0.1, 0.15) is 30.5 Å². The summed E-state index contributed by atoms with van der Waals surface area (Å²) in [7, 11) is 0. The van der Waals surface area contributed by atoms with Gasteiger partial charge in [0, 0.05) is 12.2 Å². The van der Waals surface area contributed by atoms with Crippen molar-refractivity contribution in [2.75, 3.05) is 11.9 Å². The monoisotopic (exact) mass is 337 g/mol. The van der Waals surface area contributed by atoms with Crippen LogP contribution in [0.25, 0.3) is 0 Å². The van der Waals surface area contributed by atoms with E-state index in [1.165, 1.54) is 0 Å². The predicted octanol–water partition coefficient (Wildman–Crippen LogP) is 3.67. The molecule has 0 aliphatic carbocycles. The molecule has 0 unspecified atom stereocenters. The van der Waals surface area contributed by atoms with Crippen LogP contribution in [-0.2, 0) is 6.54 Å². The Morgan fingerprint density at radius 3 is 2.52 bits per heavy atom. The van der Waals surface area contributed by atoms with E-state index in [0.717, 1.165) is 11.1 Å². The first kappa shape index (κ1) is 18.5. The molecule has 2 aromatic carbocycles. The van der Waals surface area contributed by atoms with Gasteiger partial charge >= 0.3 is 6.03 Å². The molecule has 5 heteroatoms. The van der Waals surface area contributed by atoms with Crippen molar-refractivity contribution in [3.05, 3.63) is 65.2 Å². The minimum atomic E-state index is -1.02. The number of benzene rings is 2. The first-order valence-corrected chi connectivity index (χ1v) is 8.11. The summed E-state index contributed by atoms with van der Waals surface area (Å²) >= 11 is 0. The lowest BCUT2D eigenvalue weighted by Crippen LogP contribution is -2.43. The van der Waals surface area contributed by atoms with E-state index < -0.39 is 5.60 Å². The fraction of sp³-hybridized carbons (Fsp3) is 0.300. The second kappa shape index (κ2) is 7.82. The molecular weight excluding hydrogens is 314 g/mol. The highest BCUT2D eigenvalue weighted by molar-refractivity contribution is 5.90. The third-order valence-electron chi connectivity index (χ3n) is 3.69. The number of carbonyl (C=O) groups is 1. The zero-order valence-corrected chi connectivity index (χ0v) is 14.8. The first-order valence-electron chi connectivity index (χ1n) is 8.11. The molecule has 130 valence electrons. The molecule has 0 fully saturated rings. The van der Waals surface area contributed by atoms with Crippen molar-refractivity contribution in [1.82, 2.24) is 4.90 Å². The standard InChI is InChI=1S/C20H23N3O2/c1-15-9-10-17(12-21)11-18(15)22-19(24)23(14-20(2,3)25)13-16-7-5-4-6-8-16/h4-11,25H,13-14H2,1-3H3,(H,22,24). The number of carbonyl (C=O) groups excluding carboxylic acids is 1. The average Bonchev–Trinajstić information content (AvgIpc) is 2.56. The number of aryl methyl sites for hydroxylation is 1. The fourth-order valence-electron chi connectivity index (χ4n) is 2.49. The molecule has 0 atom stereocenters. The number of hydrogen-bond donors (Lipinski definition) is 2. The van der Waals surface area contributed by atoms with Crippen molar-refractivity contribution in [2.45, 2.75) is 32.9 Å². The second-order valence-electron chi connectivity index (χ2n) is 6.73. The predicted molar refractivity (Wildman–Crippen MR) is 98.1 cm³/mol. The Morgan fingerprint density at radius 1 is 1.24 bits per heavy atom. The number of rotatable bonds is 5. The van der Waals surface area contributed by atoms with Crippen LogP contribution in [0.4, 0.5) is 10.5 Å². The lowest BCUT2D eigenvalue weighted by molar-refractivity contribution is 0.0469. The van der Waals surface area contributed by atoms with E-state index >= 15 is 0 Å². The molecule has 2 rings (SSSR count). The minimum Gasteiger partial charge on any atom is -0.389 e. The van der Waals surface area contributed by atoms with Crippen LogP contribution >= 0.6 is 0 Å². The number of hydrogen-bond acceptors (Lipinski definition) is 3. The Hall–Kier alpha value is -2.84. The quantitative estimate of drug-likeness (QED) is 0.874. The van der Waals surface area contributed by atoms with E-state index in [0.29, 0.717) is 17.8 Å². The zero-order chi connectivity index (χ0) is 18.4. The third-order valence-corrected chi connectivity index (χ3v) is 3.69. The van der Waals surface area contributed by atoms with Crippen LogP contribution in [-0.4, -0.2) is 28.2 Å². The first-order chi connectivity index (χ1) is 11.8. The van der Waals surface area contributed by atoms with Crippen molar-refractivity contribution in [3.63, 3.8) is 0 Å². The molecule has 0 spiro atoms. The fourth-order valence-corrected chi connectivity index (χ4v) is 2.49. The number of urea groups is 1. The molecule has 2 aromatic rings. The number of nitriles is 1. The summed E-state index contributed by atoms with van der Waals surface area (Å²) in [5, 5.41) is 22.0. The SMILES string of the molecule is Cc1ccc(C#N)cc1NC(=O)N(Cc1ccccc1)CC(C)(C)O. The maximum Gasteiger partial charge on any atom is 0.322 e. The van der Waals surface area contributed by atoms with Gasteiger partial charge in [-0.15, -0.1) is 0 Å². The van der Waals surface area contributed by atoms with Crippen LogP contribution in [0.15, 0.2) is 48.5 Å². The highest BCUT2D eigenvalue weighted by Gasteiger charge is 2.23. The van der Waals surface area contributed by atoms with Crippen molar-refractivity contribution >= 4 is 11.7 Å². The summed E-state index contributed by atoms with van der Waals surface area (Å²) < 4.78 is 0. The molecule has 0 aliphatic heterocycles. The third kappa shape index (κ3) is 5.63. The van der Waals surface area contributed by atoms with Gasteiger partial charge in [-0.25, -0.2) is 4.79 Å². The van der Waals surface area contributed by atoms with Crippen molar-refractivity contribution < 1.29 is 9.90 Å². The Balaban J connectivity index is 2.21. The van der Waals surface area contributed by atoms with Gasteiger partial charge in [0.05, 0.1) is 23.8 Å². The van der Waals surface area contributed by atoms with E-state index in [-0.39, 0.29) is 12.6 Å². The highest BCUT2D eigenvalue weighted by Crippen LogP contribution is 2.18. The Morgan fingerprint density at radius 2 is 1.92 bits per heavy atom. The van der Waals surface area contributed by atoms with Crippen LogP contribution in [0, 0.1) is 18.3 Å². The number of nitrogens with one attached hydrogen (secondary N) is 1. The summed E-state index contributed by atoms with van der Waals surface area (Å²) in [5.74, 6) is 0. The normalized spacial score (nSPS) is 10.8. The molecule has 2 amide bonds. The molecule has 5 nitrogen and oxygen atoms in total. The van der Waals surface area contributed by atoms with Crippen molar-refractivity contribution in [3.8, 4) is 6.07 Å². The summed E-state index contributed by atoms with van der Waals surface area (Å²) in [6.07, 6.45) is 0. The molecule has 0 saturated carbocycles. The molecule has 0 aliphatic rings. The molecule has 0 bridgehead atoms. The van der Waals surface area contributed by atoms with Gasteiger partial charge in [-0.2, -0.15) is 5.26 Å². The van der Waals surface area contributed by atoms with Crippen molar-refractivity contribution in [1.29, 1.82) is 5.26 Å². The Labute approximate surface area is 148 Å². The van der Waals surface area contributed by atoms with E-state index in [1.807, 2.05) is 37.3 Å². The maximum absolute atomic E-state index is 12.8. The zero-order valence-electron chi connectivity index (χ0n) is 14.8. The van der Waals surface area contributed by atoms with Crippen LogP contribution in [0.3, 0.4) is 0 Å². The summed E-state index contributed by atoms with van der Waals surface area (Å²) in [6.45, 7) is 5.77. The van der Waals surface area contributed by atoms with Gasteiger partial charge in [-0.3, -0.25) is 0 Å². The van der Waals surface area contributed by atoms with E-state index in [4.69, 9.17) is 5.26 Å². The second-order valence-corrected chi connectivity index (χ2v) is 6.73. The van der Waals surface area contributed by atoms with Gasteiger partial charge in [0.1, 0.15) is 0 Å². The van der Waals surface area contributed by atoms with E-state index in [2.05, 4.69) is 11.4 Å². The van der Waals surface area contributed by atoms with Gasteiger partial charge in [-0.1, -0.05) is 36.4 Å². The lowest BCUT2D eigenvalue weighted by atomic mass is 10.1. The maximum atomic E-state index is 12.8.